The second kappa shape index (κ2) is 6.44. The molecule has 2 aromatic rings. The standard InChI is InChI=1S/C15H15Cl2NO2S/c1-9(13-2-3-14(17)21-13)18-8-10-6-11(16)15-12(7-10)19-4-5-20-15/h2-3,6-7,9,18H,4-5,8H2,1H3. The largest absolute Gasteiger partial charge is 0.486 e. The van der Waals surface area contributed by atoms with Gasteiger partial charge in [0, 0.05) is 17.5 Å². The number of ether oxygens (including phenoxy) is 2. The maximum absolute atomic E-state index is 6.23. The monoisotopic (exact) mass is 343 g/mol. The van der Waals surface area contributed by atoms with Crippen molar-refractivity contribution in [2.24, 2.45) is 0 Å². The van der Waals surface area contributed by atoms with Gasteiger partial charge in [0.1, 0.15) is 13.2 Å². The second-order valence-electron chi connectivity index (χ2n) is 4.85. The van der Waals surface area contributed by atoms with Gasteiger partial charge in [-0.1, -0.05) is 23.2 Å². The third-order valence-corrected chi connectivity index (χ3v) is 4.98. The van der Waals surface area contributed by atoms with Gasteiger partial charge in [-0.15, -0.1) is 11.3 Å². The normalized spacial score (nSPS) is 15.0. The molecule has 1 aliphatic rings. The summed E-state index contributed by atoms with van der Waals surface area (Å²) in [4.78, 5) is 1.21. The van der Waals surface area contributed by atoms with Gasteiger partial charge in [0.2, 0.25) is 0 Å². The first-order chi connectivity index (χ1) is 10.1. The summed E-state index contributed by atoms with van der Waals surface area (Å²) in [6.45, 7) is 3.92. The highest BCUT2D eigenvalue weighted by Gasteiger charge is 2.17. The molecule has 2 heterocycles. The highest BCUT2D eigenvalue weighted by Crippen LogP contribution is 2.38. The topological polar surface area (TPSA) is 30.5 Å². The van der Waals surface area contributed by atoms with E-state index in [1.54, 1.807) is 11.3 Å². The van der Waals surface area contributed by atoms with E-state index >= 15 is 0 Å². The molecule has 0 radical (unpaired) electrons. The van der Waals surface area contributed by atoms with Crippen LogP contribution in [0.4, 0.5) is 0 Å². The van der Waals surface area contributed by atoms with E-state index in [0.29, 0.717) is 30.5 Å². The van der Waals surface area contributed by atoms with Gasteiger partial charge in [-0.3, -0.25) is 0 Å². The van der Waals surface area contributed by atoms with Crippen molar-refractivity contribution in [3.63, 3.8) is 0 Å². The summed E-state index contributed by atoms with van der Waals surface area (Å²) in [5.41, 5.74) is 1.07. The average Bonchev–Trinajstić information content (AvgIpc) is 2.91. The number of halogens is 2. The van der Waals surface area contributed by atoms with E-state index in [0.717, 1.165) is 15.6 Å². The number of benzene rings is 1. The second-order valence-corrected chi connectivity index (χ2v) is 7.00. The molecule has 1 aliphatic heterocycles. The molecular formula is C15H15Cl2NO2S. The van der Waals surface area contributed by atoms with Gasteiger partial charge in [-0.25, -0.2) is 0 Å². The quantitative estimate of drug-likeness (QED) is 0.874. The Labute approximate surface area is 137 Å². The zero-order valence-corrected chi connectivity index (χ0v) is 13.8. The number of hydrogen-bond acceptors (Lipinski definition) is 4. The Morgan fingerprint density at radius 2 is 2.05 bits per heavy atom. The molecule has 1 N–H and O–H groups in total. The lowest BCUT2D eigenvalue weighted by molar-refractivity contribution is 0.171. The lowest BCUT2D eigenvalue weighted by Crippen LogP contribution is -2.19. The Morgan fingerprint density at radius 3 is 2.81 bits per heavy atom. The Hall–Kier alpha value is -0.940. The summed E-state index contributed by atoms with van der Waals surface area (Å²) >= 11 is 13.8. The molecule has 112 valence electrons. The highest BCUT2D eigenvalue weighted by atomic mass is 35.5. The van der Waals surface area contributed by atoms with Crippen LogP contribution in [0.15, 0.2) is 24.3 Å². The fraction of sp³-hybridized carbons (Fsp3) is 0.333. The van der Waals surface area contributed by atoms with Crippen molar-refractivity contribution in [3.05, 3.63) is 44.1 Å². The van der Waals surface area contributed by atoms with Crippen LogP contribution in [0.5, 0.6) is 11.5 Å². The predicted molar refractivity (Wildman–Crippen MR) is 87.0 cm³/mol. The van der Waals surface area contributed by atoms with Gasteiger partial charge in [-0.2, -0.15) is 0 Å². The first-order valence-corrected chi connectivity index (χ1v) is 8.27. The van der Waals surface area contributed by atoms with Crippen LogP contribution in [-0.2, 0) is 6.54 Å². The van der Waals surface area contributed by atoms with Crippen LogP contribution in [0, 0.1) is 0 Å². The van der Waals surface area contributed by atoms with Crippen LogP contribution >= 0.6 is 34.5 Å². The van der Waals surface area contributed by atoms with Crippen LogP contribution in [0.2, 0.25) is 9.36 Å². The molecule has 1 aromatic carbocycles. The Kier molecular flexibility index (Phi) is 4.60. The minimum atomic E-state index is 0.231. The smallest absolute Gasteiger partial charge is 0.179 e. The van der Waals surface area contributed by atoms with Crippen molar-refractivity contribution in [3.8, 4) is 11.5 Å². The van der Waals surface area contributed by atoms with E-state index in [9.17, 15) is 0 Å². The molecular weight excluding hydrogens is 329 g/mol. The van der Waals surface area contributed by atoms with E-state index in [4.69, 9.17) is 32.7 Å². The summed E-state index contributed by atoms with van der Waals surface area (Å²) in [5, 5.41) is 4.05. The molecule has 0 fully saturated rings. The molecule has 21 heavy (non-hydrogen) atoms. The molecule has 1 atom stereocenters. The first kappa shape index (κ1) is 15.0. The lowest BCUT2D eigenvalue weighted by Gasteiger charge is -2.21. The van der Waals surface area contributed by atoms with Gasteiger partial charge in [0.15, 0.2) is 11.5 Å². The number of nitrogens with one attached hydrogen (secondary N) is 1. The Bertz CT molecular complexity index is 645. The molecule has 0 saturated carbocycles. The zero-order valence-electron chi connectivity index (χ0n) is 11.5. The molecule has 0 spiro atoms. The number of thiophene rings is 1. The average molecular weight is 344 g/mol. The fourth-order valence-corrected chi connectivity index (χ4v) is 3.57. The van der Waals surface area contributed by atoms with E-state index < -0.39 is 0 Å². The lowest BCUT2D eigenvalue weighted by atomic mass is 10.1. The van der Waals surface area contributed by atoms with Gasteiger partial charge in [0.05, 0.1) is 9.36 Å². The molecule has 3 rings (SSSR count). The van der Waals surface area contributed by atoms with Crippen LogP contribution in [0.1, 0.15) is 23.4 Å². The molecule has 1 aromatic heterocycles. The van der Waals surface area contributed by atoms with Crippen molar-refractivity contribution in [2.45, 2.75) is 19.5 Å². The third-order valence-electron chi connectivity index (χ3n) is 3.29. The highest BCUT2D eigenvalue weighted by molar-refractivity contribution is 7.16. The van der Waals surface area contributed by atoms with Crippen LogP contribution in [0.25, 0.3) is 0 Å². The van der Waals surface area contributed by atoms with E-state index in [1.807, 2.05) is 24.3 Å². The minimum Gasteiger partial charge on any atom is -0.486 e. The number of fused-ring (bicyclic) bond motifs is 1. The van der Waals surface area contributed by atoms with Crippen molar-refractivity contribution < 1.29 is 9.47 Å². The third kappa shape index (κ3) is 3.46. The van der Waals surface area contributed by atoms with Gasteiger partial charge >= 0.3 is 0 Å². The maximum atomic E-state index is 6.23. The molecule has 1 unspecified atom stereocenters. The van der Waals surface area contributed by atoms with Crippen LogP contribution in [0.3, 0.4) is 0 Å². The molecule has 0 saturated heterocycles. The molecule has 0 amide bonds. The Balaban J connectivity index is 1.69. The first-order valence-electron chi connectivity index (χ1n) is 6.70. The van der Waals surface area contributed by atoms with Crippen molar-refractivity contribution in [1.82, 2.24) is 5.32 Å². The van der Waals surface area contributed by atoms with Gasteiger partial charge in [-0.05, 0) is 36.8 Å². The van der Waals surface area contributed by atoms with Crippen LogP contribution < -0.4 is 14.8 Å². The SMILES string of the molecule is CC(NCc1cc(Cl)c2c(c1)OCCO2)c1ccc(Cl)s1. The number of hydrogen-bond donors (Lipinski definition) is 1. The van der Waals surface area contributed by atoms with E-state index in [1.165, 1.54) is 4.88 Å². The summed E-state index contributed by atoms with van der Waals surface area (Å²) in [5.74, 6) is 1.36. The zero-order chi connectivity index (χ0) is 14.8. The van der Waals surface area contributed by atoms with Crippen molar-refractivity contribution in [2.75, 3.05) is 13.2 Å². The van der Waals surface area contributed by atoms with E-state index in [-0.39, 0.29) is 6.04 Å². The van der Waals surface area contributed by atoms with Crippen molar-refractivity contribution >= 4 is 34.5 Å². The van der Waals surface area contributed by atoms with Crippen molar-refractivity contribution in [1.29, 1.82) is 0 Å². The van der Waals surface area contributed by atoms with E-state index in [2.05, 4.69) is 12.2 Å². The summed E-state index contributed by atoms with van der Waals surface area (Å²) in [6.07, 6.45) is 0. The molecule has 6 heteroatoms. The molecule has 0 aliphatic carbocycles. The Morgan fingerprint density at radius 1 is 1.24 bits per heavy atom. The summed E-state index contributed by atoms with van der Waals surface area (Å²) in [7, 11) is 0. The molecule has 0 bridgehead atoms. The summed E-state index contributed by atoms with van der Waals surface area (Å²) < 4.78 is 11.9. The number of rotatable bonds is 4. The predicted octanol–water partition coefficient (Wildman–Crippen LogP) is 4.68. The summed E-state index contributed by atoms with van der Waals surface area (Å²) in [6, 6.07) is 8.08. The fourth-order valence-electron chi connectivity index (χ4n) is 2.20. The van der Waals surface area contributed by atoms with Gasteiger partial charge in [0.25, 0.3) is 0 Å². The maximum Gasteiger partial charge on any atom is 0.179 e. The van der Waals surface area contributed by atoms with Crippen LogP contribution in [-0.4, -0.2) is 13.2 Å². The minimum absolute atomic E-state index is 0.231. The molecule has 3 nitrogen and oxygen atoms in total. The van der Waals surface area contributed by atoms with Gasteiger partial charge < -0.3 is 14.8 Å².